The van der Waals surface area contributed by atoms with Crippen LogP contribution < -0.4 is 10.6 Å². The van der Waals surface area contributed by atoms with E-state index in [0.717, 1.165) is 25.9 Å². The zero-order chi connectivity index (χ0) is 11.9. The summed E-state index contributed by atoms with van der Waals surface area (Å²) < 4.78 is 0. The fraction of sp³-hybridized carbons (Fsp3) is 0.929. The van der Waals surface area contributed by atoms with E-state index in [4.69, 9.17) is 0 Å². The van der Waals surface area contributed by atoms with E-state index in [1.54, 1.807) is 0 Å². The molecule has 0 spiro atoms. The average molecular weight is 238 g/mol. The van der Waals surface area contributed by atoms with Crippen LogP contribution in [-0.4, -0.2) is 25.0 Å². The number of carbonyl (C=O) groups excluding carboxylic acids is 1. The Bertz CT molecular complexity index is 230. The first-order valence-electron chi connectivity index (χ1n) is 7.34. The van der Waals surface area contributed by atoms with Gasteiger partial charge in [-0.1, -0.05) is 19.3 Å². The zero-order valence-corrected chi connectivity index (χ0v) is 10.8. The van der Waals surface area contributed by atoms with Crippen LogP contribution in [0.4, 0.5) is 0 Å². The van der Waals surface area contributed by atoms with Gasteiger partial charge in [-0.2, -0.15) is 0 Å². The highest BCUT2D eigenvalue weighted by atomic mass is 16.1. The summed E-state index contributed by atoms with van der Waals surface area (Å²) in [4.78, 5) is 11.8. The second-order valence-corrected chi connectivity index (χ2v) is 5.64. The third-order valence-corrected chi connectivity index (χ3v) is 4.18. The maximum Gasteiger partial charge on any atom is 0.220 e. The number of carbonyl (C=O) groups is 1. The van der Waals surface area contributed by atoms with Crippen LogP contribution in [0.2, 0.25) is 0 Å². The molecule has 0 unspecified atom stereocenters. The molecule has 3 heteroatoms. The standard InChI is InChI=1S/C14H26N2O/c17-14(11-12-5-2-1-3-6-12)16-10-8-13-7-4-9-15-13/h12-13,15H,1-11H2,(H,16,17)/t13-/m0/s1. The zero-order valence-electron chi connectivity index (χ0n) is 10.8. The lowest BCUT2D eigenvalue weighted by molar-refractivity contribution is -0.122. The molecule has 0 aromatic rings. The van der Waals surface area contributed by atoms with Crippen molar-refractivity contribution >= 4 is 5.91 Å². The summed E-state index contributed by atoms with van der Waals surface area (Å²) in [5.74, 6) is 0.934. The van der Waals surface area contributed by atoms with E-state index in [0.29, 0.717) is 12.0 Å². The highest BCUT2D eigenvalue weighted by Gasteiger charge is 2.17. The molecule has 0 radical (unpaired) electrons. The van der Waals surface area contributed by atoms with Crippen LogP contribution >= 0.6 is 0 Å². The molecule has 2 fully saturated rings. The fourth-order valence-corrected chi connectivity index (χ4v) is 3.11. The molecule has 1 amide bonds. The smallest absolute Gasteiger partial charge is 0.220 e. The number of nitrogens with one attached hydrogen (secondary N) is 2. The topological polar surface area (TPSA) is 41.1 Å². The second-order valence-electron chi connectivity index (χ2n) is 5.64. The summed E-state index contributed by atoms with van der Waals surface area (Å²) in [5, 5.41) is 6.54. The molecule has 2 aliphatic rings. The van der Waals surface area contributed by atoms with Crippen molar-refractivity contribution in [2.75, 3.05) is 13.1 Å². The van der Waals surface area contributed by atoms with Gasteiger partial charge in [0.1, 0.15) is 0 Å². The highest BCUT2D eigenvalue weighted by molar-refractivity contribution is 5.76. The van der Waals surface area contributed by atoms with Crippen LogP contribution in [0.15, 0.2) is 0 Å². The molecular formula is C14H26N2O. The lowest BCUT2D eigenvalue weighted by atomic mass is 9.87. The molecular weight excluding hydrogens is 212 g/mol. The van der Waals surface area contributed by atoms with Crippen molar-refractivity contribution < 1.29 is 4.79 Å². The van der Waals surface area contributed by atoms with Crippen LogP contribution in [0.5, 0.6) is 0 Å². The summed E-state index contributed by atoms with van der Waals surface area (Å²) in [7, 11) is 0. The van der Waals surface area contributed by atoms with Gasteiger partial charge in [0.15, 0.2) is 0 Å². The Kier molecular flexibility index (Phi) is 5.30. The van der Waals surface area contributed by atoms with Gasteiger partial charge >= 0.3 is 0 Å². The normalized spacial score (nSPS) is 26.0. The SMILES string of the molecule is O=C(CC1CCCCC1)NCC[C@@H]1CCCN1. The van der Waals surface area contributed by atoms with Gasteiger partial charge in [-0.05, 0) is 44.6 Å². The van der Waals surface area contributed by atoms with E-state index >= 15 is 0 Å². The van der Waals surface area contributed by atoms with Crippen LogP contribution in [0.1, 0.15) is 57.8 Å². The molecule has 1 aliphatic carbocycles. The second kappa shape index (κ2) is 7.00. The number of amides is 1. The first kappa shape index (κ1) is 12.9. The minimum absolute atomic E-state index is 0.273. The Morgan fingerprint density at radius 1 is 1.12 bits per heavy atom. The van der Waals surface area contributed by atoms with Gasteiger partial charge in [0.25, 0.3) is 0 Å². The van der Waals surface area contributed by atoms with E-state index < -0.39 is 0 Å². The Morgan fingerprint density at radius 2 is 1.94 bits per heavy atom. The maximum absolute atomic E-state index is 11.8. The third kappa shape index (κ3) is 4.66. The third-order valence-electron chi connectivity index (χ3n) is 4.18. The molecule has 1 heterocycles. The molecule has 17 heavy (non-hydrogen) atoms. The van der Waals surface area contributed by atoms with Crippen molar-refractivity contribution in [3.8, 4) is 0 Å². The van der Waals surface area contributed by atoms with E-state index in [9.17, 15) is 4.79 Å². The van der Waals surface area contributed by atoms with E-state index in [1.165, 1.54) is 44.9 Å². The molecule has 1 atom stereocenters. The molecule has 0 bridgehead atoms. The fourth-order valence-electron chi connectivity index (χ4n) is 3.11. The molecule has 2 N–H and O–H groups in total. The van der Waals surface area contributed by atoms with Crippen LogP contribution in [0, 0.1) is 5.92 Å². The molecule has 3 nitrogen and oxygen atoms in total. The summed E-state index contributed by atoms with van der Waals surface area (Å²) in [6, 6.07) is 0.644. The minimum atomic E-state index is 0.273. The number of hydrogen-bond donors (Lipinski definition) is 2. The van der Waals surface area contributed by atoms with Crippen molar-refractivity contribution in [2.45, 2.75) is 63.8 Å². The Balaban J connectivity index is 1.53. The van der Waals surface area contributed by atoms with Crippen molar-refractivity contribution in [3.05, 3.63) is 0 Å². The predicted octanol–water partition coefficient (Wildman–Crippen LogP) is 2.22. The van der Waals surface area contributed by atoms with Gasteiger partial charge in [0, 0.05) is 19.0 Å². The summed E-state index contributed by atoms with van der Waals surface area (Å²) in [6.07, 6.45) is 11.0. The maximum atomic E-state index is 11.8. The number of hydrogen-bond acceptors (Lipinski definition) is 2. The Morgan fingerprint density at radius 3 is 2.65 bits per heavy atom. The first-order valence-corrected chi connectivity index (χ1v) is 7.34. The molecule has 1 saturated heterocycles. The Labute approximate surface area is 105 Å². The van der Waals surface area contributed by atoms with Gasteiger partial charge in [-0.3, -0.25) is 4.79 Å². The summed E-state index contributed by atoms with van der Waals surface area (Å²) in [5.41, 5.74) is 0. The average Bonchev–Trinajstić information content (AvgIpc) is 2.83. The van der Waals surface area contributed by atoms with Crippen LogP contribution in [0.3, 0.4) is 0 Å². The molecule has 98 valence electrons. The van der Waals surface area contributed by atoms with E-state index in [-0.39, 0.29) is 5.91 Å². The number of rotatable bonds is 5. The molecule has 0 aromatic heterocycles. The lowest BCUT2D eigenvalue weighted by Gasteiger charge is -2.21. The van der Waals surface area contributed by atoms with Gasteiger partial charge in [-0.15, -0.1) is 0 Å². The monoisotopic (exact) mass is 238 g/mol. The molecule has 1 saturated carbocycles. The predicted molar refractivity (Wildman–Crippen MR) is 69.8 cm³/mol. The van der Waals surface area contributed by atoms with E-state index in [2.05, 4.69) is 10.6 Å². The molecule has 1 aliphatic heterocycles. The highest BCUT2D eigenvalue weighted by Crippen LogP contribution is 2.25. The van der Waals surface area contributed by atoms with Crippen molar-refractivity contribution in [3.63, 3.8) is 0 Å². The van der Waals surface area contributed by atoms with Crippen LogP contribution in [0.25, 0.3) is 0 Å². The van der Waals surface area contributed by atoms with Crippen molar-refractivity contribution in [1.82, 2.24) is 10.6 Å². The minimum Gasteiger partial charge on any atom is -0.356 e. The van der Waals surface area contributed by atoms with Gasteiger partial charge in [-0.25, -0.2) is 0 Å². The Hall–Kier alpha value is -0.570. The van der Waals surface area contributed by atoms with Gasteiger partial charge < -0.3 is 10.6 Å². The van der Waals surface area contributed by atoms with Crippen LogP contribution in [-0.2, 0) is 4.79 Å². The summed E-state index contributed by atoms with van der Waals surface area (Å²) in [6.45, 7) is 2.00. The first-order chi connectivity index (χ1) is 8.34. The summed E-state index contributed by atoms with van der Waals surface area (Å²) >= 11 is 0. The van der Waals surface area contributed by atoms with Gasteiger partial charge in [0.2, 0.25) is 5.91 Å². The lowest BCUT2D eigenvalue weighted by Crippen LogP contribution is -2.31. The van der Waals surface area contributed by atoms with E-state index in [1.807, 2.05) is 0 Å². The quantitative estimate of drug-likeness (QED) is 0.771. The molecule has 0 aromatic carbocycles. The molecule has 2 rings (SSSR count). The van der Waals surface area contributed by atoms with Crippen molar-refractivity contribution in [1.29, 1.82) is 0 Å². The van der Waals surface area contributed by atoms with Crippen molar-refractivity contribution in [2.24, 2.45) is 5.92 Å². The van der Waals surface area contributed by atoms with Gasteiger partial charge in [0.05, 0.1) is 0 Å². The largest absolute Gasteiger partial charge is 0.356 e.